The number of nitrogens with zero attached hydrogens (tertiary/aromatic N) is 1. The van der Waals surface area contributed by atoms with Gasteiger partial charge in [-0.15, -0.1) is 0 Å². The van der Waals surface area contributed by atoms with E-state index < -0.39 is 17.5 Å². The molecule has 0 saturated carbocycles. The van der Waals surface area contributed by atoms with Crippen LogP contribution in [0.4, 0.5) is 0 Å². The van der Waals surface area contributed by atoms with E-state index >= 15 is 0 Å². The predicted molar refractivity (Wildman–Crippen MR) is 112 cm³/mol. The minimum atomic E-state index is -1.26. The third-order valence-electron chi connectivity index (χ3n) is 5.11. The molecule has 7 nitrogen and oxygen atoms in total. The van der Waals surface area contributed by atoms with Gasteiger partial charge in [0.25, 0.3) is 0 Å². The summed E-state index contributed by atoms with van der Waals surface area (Å²) >= 11 is 0. The zero-order chi connectivity index (χ0) is 22.5. The number of carbonyl (C=O) groups is 3. The summed E-state index contributed by atoms with van der Waals surface area (Å²) in [5.41, 5.74) is 1.37. The predicted octanol–water partition coefficient (Wildman–Crippen LogP) is 3.91. The lowest BCUT2D eigenvalue weighted by molar-refractivity contribution is 0.0875. The molecule has 1 aliphatic carbocycles. The van der Waals surface area contributed by atoms with Crippen LogP contribution in [0, 0.1) is 17.2 Å². The highest BCUT2D eigenvalue weighted by molar-refractivity contribution is 6.28. The van der Waals surface area contributed by atoms with Gasteiger partial charge < -0.3 is 14.6 Å². The first-order valence-corrected chi connectivity index (χ1v) is 10.1. The van der Waals surface area contributed by atoms with E-state index in [0.717, 1.165) is 6.42 Å². The molecule has 2 aromatic rings. The molecule has 0 aliphatic heterocycles. The molecule has 0 heterocycles. The van der Waals surface area contributed by atoms with Gasteiger partial charge in [-0.2, -0.15) is 5.26 Å². The third-order valence-corrected chi connectivity index (χ3v) is 5.11. The van der Waals surface area contributed by atoms with Crippen LogP contribution < -0.4 is 9.47 Å². The van der Waals surface area contributed by atoms with Gasteiger partial charge in [-0.3, -0.25) is 14.4 Å². The number of hydrogen-bond acceptors (Lipinski definition) is 7. The van der Waals surface area contributed by atoms with E-state index in [1.54, 1.807) is 24.3 Å². The number of phenols is 1. The Morgan fingerprint density at radius 3 is 2.48 bits per heavy atom. The number of rotatable bonds is 9. The van der Waals surface area contributed by atoms with Crippen LogP contribution in [0.25, 0.3) is 0 Å². The van der Waals surface area contributed by atoms with E-state index in [9.17, 15) is 19.5 Å². The van der Waals surface area contributed by atoms with Crippen LogP contribution >= 0.6 is 0 Å². The standard InChI is InChI=1S/C24H23NO6/c1-3-5-18-21(9-8-16(14(2)26)22(18)27)31-11-4-10-30-15-6-7-17-19(12-15)24(29)20(13-25)23(17)28/h6-9,12,20,27H,3-5,10-11H2,1-2H3. The Balaban J connectivity index is 1.57. The first-order valence-electron chi connectivity index (χ1n) is 10.1. The van der Waals surface area contributed by atoms with Crippen molar-refractivity contribution in [2.75, 3.05) is 13.2 Å². The van der Waals surface area contributed by atoms with Crippen molar-refractivity contribution in [1.82, 2.24) is 0 Å². The van der Waals surface area contributed by atoms with Crippen molar-refractivity contribution in [3.8, 4) is 23.3 Å². The van der Waals surface area contributed by atoms with Crippen molar-refractivity contribution in [1.29, 1.82) is 5.26 Å². The van der Waals surface area contributed by atoms with Gasteiger partial charge >= 0.3 is 0 Å². The fourth-order valence-electron chi connectivity index (χ4n) is 3.54. The van der Waals surface area contributed by atoms with Crippen LogP contribution in [0.2, 0.25) is 0 Å². The monoisotopic (exact) mass is 421 g/mol. The first-order chi connectivity index (χ1) is 14.9. The van der Waals surface area contributed by atoms with Gasteiger partial charge in [0.05, 0.1) is 24.8 Å². The summed E-state index contributed by atoms with van der Waals surface area (Å²) in [5, 5.41) is 19.4. The smallest absolute Gasteiger partial charge is 0.188 e. The maximum atomic E-state index is 12.1. The molecule has 1 atom stereocenters. The van der Waals surface area contributed by atoms with Crippen molar-refractivity contribution < 1.29 is 29.0 Å². The minimum Gasteiger partial charge on any atom is -0.507 e. The van der Waals surface area contributed by atoms with Gasteiger partial charge in [-0.05, 0) is 43.7 Å². The fraction of sp³-hybridized carbons (Fsp3) is 0.333. The number of aromatic hydroxyl groups is 1. The Kier molecular flexibility index (Phi) is 6.71. The van der Waals surface area contributed by atoms with Crippen molar-refractivity contribution in [3.63, 3.8) is 0 Å². The van der Waals surface area contributed by atoms with Gasteiger partial charge in [-0.1, -0.05) is 13.3 Å². The van der Waals surface area contributed by atoms with Crippen LogP contribution in [-0.2, 0) is 6.42 Å². The molecule has 160 valence electrons. The quantitative estimate of drug-likeness (QED) is 0.371. The van der Waals surface area contributed by atoms with Crippen LogP contribution in [-0.4, -0.2) is 35.7 Å². The SMILES string of the molecule is CCCc1c(OCCCOc2ccc3c(c2)C(=O)C(C#N)C3=O)ccc(C(C)=O)c1O. The number of ether oxygens (including phenoxy) is 2. The summed E-state index contributed by atoms with van der Waals surface area (Å²) in [4.78, 5) is 35.8. The van der Waals surface area contributed by atoms with E-state index in [-0.39, 0.29) is 28.2 Å². The number of benzene rings is 2. The van der Waals surface area contributed by atoms with Crippen molar-refractivity contribution in [2.45, 2.75) is 33.1 Å². The Morgan fingerprint density at radius 2 is 1.81 bits per heavy atom. The van der Waals surface area contributed by atoms with Crippen LogP contribution in [0.5, 0.6) is 17.2 Å². The topological polar surface area (TPSA) is 114 Å². The molecule has 0 fully saturated rings. The number of nitriles is 1. The lowest BCUT2D eigenvalue weighted by Crippen LogP contribution is -2.11. The number of ketones is 3. The van der Waals surface area contributed by atoms with Gasteiger partial charge in [0.2, 0.25) is 0 Å². The molecule has 0 spiro atoms. The Bertz CT molecular complexity index is 1080. The molecule has 7 heteroatoms. The normalized spacial score (nSPS) is 14.8. The molecule has 0 amide bonds. The largest absolute Gasteiger partial charge is 0.507 e. The second-order valence-electron chi connectivity index (χ2n) is 7.29. The molecule has 0 bridgehead atoms. The molecular formula is C24H23NO6. The number of fused-ring (bicyclic) bond motifs is 1. The second kappa shape index (κ2) is 9.43. The molecule has 2 aromatic carbocycles. The summed E-state index contributed by atoms with van der Waals surface area (Å²) < 4.78 is 11.4. The van der Waals surface area contributed by atoms with E-state index in [2.05, 4.69) is 0 Å². The third kappa shape index (κ3) is 4.43. The van der Waals surface area contributed by atoms with Crippen LogP contribution in [0.3, 0.4) is 0 Å². The van der Waals surface area contributed by atoms with E-state index in [0.29, 0.717) is 43.1 Å². The molecule has 1 unspecified atom stereocenters. The summed E-state index contributed by atoms with van der Waals surface area (Å²) in [5.74, 6) is -1.48. The number of phenolic OH excluding ortho intramolecular Hbond substituents is 1. The molecule has 0 radical (unpaired) electrons. The molecular weight excluding hydrogens is 398 g/mol. The lowest BCUT2D eigenvalue weighted by Gasteiger charge is -2.15. The number of hydrogen-bond donors (Lipinski definition) is 1. The highest BCUT2D eigenvalue weighted by Crippen LogP contribution is 2.33. The Hall–Kier alpha value is -3.66. The van der Waals surface area contributed by atoms with Gasteiger partial charge in [0, 0.05) is 23.1 Å². The molecule has 31 heavy (non-hydrogen) atoms. The van der Waals surface area contributed by atoms with Crippen molar-refractivity contribution in [2.24, 2.45) is 5.92 Å². The Labute approximate surface area is 180 Å². The minimum absolute atomic E-state index is 0.0314. The van der Waals surface area contributed by atoms with Gasteiger partial charge in [0.15, 0.2) is 23.3 Å². The van der Waals surface area contributed by atoms with Crippen molar-refractivity contribution in [3.05, 3.63) is 52.6 Å². The zero-order valence-electron chi connectivity index (χ0n) is 17.4. The zero-order valence-corrected chi connectivity index (χ0v) is 17.4. The van der Waals surface area contributed by atoms with Crippen LogP contribution in [0.1, 0.15) is 63.3 Å². The summed E-state index contributed by atoms with van der Waals surface area (Å²) in [6.45, 7) is 4.02. The molecule has 1 aliphatic rings. The Morgan fingerprint density at radius 1 is 1.10 bits per heavy atom. The van der Waals surface area contributed by atoms with E-state index in [1.807, 2.05) is 6.92 Å². The van der Waals surface area contributed by atoms with Gasteiger partial charge in [0.1, 0.15) is 17.2 Å². The molecule has 0 saturated heterocycles. The van der Waals surface area contributed by atoms with Crippen LogP contribution in [0.15, 0.2) is 30.3 Å². The highest BCUT2D eigenvalue weighted by Gasteiger charge is 2.38. The fourth-order valence-corrected chi connectivity index (χ4v) is 3.54. The highest BCUT2D eigenvalue weighted by atomic mass is 16.5. The first kappa shape index (κ1) is 22.0. The maximum absolute atomic E-state index is 12.1. The summed E-state index contributed by atoms with van der Waals surface area (Å²) in [6, 6.07) is 9.59. The lowest BCUT2D eigenvalue weighted by atomic mass is 10.0. The van der Waals surface area contributed by atoms with E-state index in [1.165, 1.54) is 19.1 Å². The summed E-state index contributed by atoms with van der Waals surface area (Å²) in [7, 11) is 0. The summed E-state index contributed by atoms with van der Waals surface area (Å²) in [6.07, 6.45) is 1.91. The van der Waals surface area contributed by atoms with E-state index in [4.69, 9.17) is 14.7 Å². The number of Topliss-reactive ketones (excluding diaryl/α,β-unsaturated/α-hetero) is 3. The average molecular weight is 421 g/mol. The molecule has 3 rings (SSSR count). The molecule has 0 aromatic heterocycles. The molecule has 1 N–H and O–H groups in total. The van der Waals surface area contributed by atoms with Crippen molar-refractivity contribution >= 4 is 17.3 Å². The number of carbonyl (C=O) groups excluding carboxylic acids is 3. The van der Waals surface area contributed by atoms with Gasteiger partial charge in [-0.25, -0.2) is 0 Å². The second-order valence-corrected chi connectivity index (χ2v) is 7.29. The maximum Gasteiger partial charge on any atom is 0.188 e. The average Bonchev–Trinajstić information content (AvgIpc) is 2.99.